The van der Waals surface area contributed by atoms with Crippen molar-refractivity contribution in [2.24, 2.45) is 0 Å². The van der Waals surface area contributed by atoms with Crippen molar-refractivity contribution in [1.82, 2.24) is 0 Å². The van der Waals surface area contributed by atoms with Gasteiger partial charge in [0.15, 0.2) is 58.0 Å². The zero-order chi connectivity index (χ0) is 76.3. The van der Waals surface area contributed by atoms with E-state index in [1.165, 1.54) is 37.3 Å². The molecular weight excluding hydrogens is 1430 g/mol. The van der Waals surface area contributed by atoms with Gasteiger partial charge in [-0.05, 0) is 175 Å². The Hall–Kier alpha value is -10.7. The minimum absolute atomic E-state index is 0.105. The van der Waals surface area contributed by atoms with Crippen LogP contribution in [0.25, 0.3) is 55.6 Å². The fourth-order valence-corrected chi connectivity index (χ4v) is 8.73. The summed E-state index contributed by atoms with van der Waals surface area (Å²) in [5, 5.41) is 0. The molecule has 32 heteroatoms. The second kappa shape index (κ2) is 32.7. The average Bonchev–Trinajstić information content (AvgIpc) is 0.794. The zero-order valence-corrected chi connectivity index (χ0v) is 51.9. The highest BCUT2D eigenvalue weighted by molar-refractivity contribution is 5.69. The molecule has 0 saturated heterocycles. The van der Waals surface area contributed by atoms with Crippen LogP contribution in [0, 0.1) is 104 Å². The van der Waals surface area contributed by atoms with Gasteiger partial charge in [0.2, 0.25) is 17.2 Å². The highest BCUT2D eigenvalue weighted by Crippen LogP contribution is 2.39. The summed E-state index contributed by atoms with van der Waals surface area (Å²) in [6.45, 7) is 8.45. The Balaban J connectivity index is 0.000000201. The average molecular weight is 1480 g/mol. The summed E-state index contributed by atoms with van der Waals surface area (Å²) in [4.78, 5) is 0. The smallest absolute Gasteiger partial charge is 0.403 e. The van der Waals surface area contributed by atoms with E-state index in [4.69, 9.17) is 0 Å². The quantitative estimate of drug-likeness (QED) is 0.128. The summed E-state index contributed by atoms with van der Waals surface area (Å²) in [5.41, 5.74) is 3.90. The van der Waals surface area contributed by atoms with Crippen molar-refractivity contribution in [1.29, 1.82) is 0 Å². The Labute approximate surface area is 559 Å². The van der Waals surface area contributed by atoms with Crippen LogP contribution in [0.5, 0.6) is 28.7 Å². The molecular formula is C70H43F27O5. The van der Waals surface area contributed by atoms with Crippen molar-refractivity contribution in [2.45, 2.75) is 66.4 Å². The molecule has 0 spiro atoms. The first-order valence-electron chi connectivity index (χ1n) is 28.1. The molecule has 10 rings (SSSR count). The molecule has 0 amide bonds. The lowest BCUT2D eigenvalue weighted by atomic mass is 10.0. The Morgan fingerprint density at radius 2 is 0.451 bits per heavy atom. The summed E-state index contributed by atoms with van der Waals surface area (Å²) >= 11 is 0. The van der Waals surface area contributed by atoms with Gasteiger partial charge >= 0.3 is 31.8 Å². The van der Waals surface area contributed by atoms with Gasteiger partial charge in [0, 0.05) is 11.1 Å². The number of hydrogen-bond acceptors (Lipinski definition) is 5. The summed E-state index contributed by atoms with van der Waals surface area (Å²) < 4.78 is 360. The van der Waals surface area contributed by atoms with E-state index in [2.05, 4.69) is 23.7 Å². The van der Waals surface area contributed by atoms with E-state index >= 15 is 0 Å². The molecule has 0 aliphatic rings. The Morgan fingerprint density at radius 3 is 0.775 bits per heavy atom. The monoisotopic (exact) mass is 1480 g/mol. The number of alkyl halides is 15. The highest BCUT2D eigenvalue weighted by Gasteiger charge is 2.38. The van der Waals surface area contributed by atoms with E-state index in [9.17, 15) is 119 Å². The summed E-state index contributed by atoms with van der Waals surface area (Å²) in [6, 6.07) is 33.7. The van der Waals surface area contributed by atoms with Gasteiger partial charge in [-0.1, -0.05) is 96.1 Å². The lowest BCUT2D eigenvalue weighted by molar-refractivity contribution is -0.277. The van der Waals surface area contributed by atoms with E-state index in [0.717, 1.165) is 77.4 Å². The maximum atomic E-state index is 13.7. The van der Waals surface area contributed by atoms with Crippen LogP contribution < -0.4 is 23.7 Å². The van der Waals surface area contributed by atoms with E-state index in [1.54, 1.807) is 56.3 Å². The molecule has 0 fully saturated rings. The van der Waals surface area contributed by atoms with E-state index in [1.807, 2.05) is 26.0 Å². The predicted molar refractivity (Wildman–Crippen MR) is 316 cm³/mol. The van der Waals surface area contributed by atoms with E-state index < -0.39 is 141 Å². The molecule has 0 aliphatic carbocycles. The van der Waals surface area contributed by atoms with Gasteiger partial charge in [0.05, 0.1) is 5.56 Å². The van der Waals surface area contributed by atoms with Crippen LogP contribution in [-0.4, -0.2) is 31.8 Å². The third-order valence-corrected chi connectivity index (χ3v) is 13.1. The van der Waals surface area contributed by atoms with Crippen LogP contribution in [0.1, 0.15) is 27.8 Å². The summed E-state index contributed by atoms with van der Waals surface area (Å²) in [5.74, 6) is -21.7. The minimum atomic E-state index is -5.30. The molecule has 0 radical (unpaired) electrons. The van der Waals surface area contributed by atoms with Gasteiger partial charge in [0.25, 0.3) is 0 Å². The van der Waals surface area contributed by atoms with Gasteiger partial charge in [-0.25, -0.2) is 52.7 Å². The van der Waals surface area contributed by atoms with Crippen molar-refractivity contribution in [2.75, 3.05) is 0 Å². The third kappa shape index (κ3) is 24.0. The van der Waals surface area contributed by atoms with Crippen LogP contribution >= 0.6 is 0 Å². The molecule has 0 N–H and O–H groups in total. The fourth-order valence-electron chi connectivity index (χ4n) is 8.73. The van der Waals surface area contributed by atoms with Gasteiger partial charge in [0.1, 0.15) is 23.3 Å². The van der Waals surface area contributed by atoms with Crippen LogP contribution in [0.3, 0.4) is 0 Å². The number of benzene rings is 10. The summed E-state index contributed by atoms with van der Waals surface area (Å²) in [7, 11) is 0. The normalized spacial score (nSPS) is 11.5. The second-order valence-electron chi connectivity index (χ2n) is 21.1. The molecule has 0 atom stereocenters. The molecule has 542 valence electrons. The molecule has 5 nitrogen and oxygen atoms in total. The lowest BCUT2D eigenvalue weighted by Crippen LogP contribution is -2.19. The van der Waals surface area contributed by atoms with Crippen LogP contribution in [0.2, 0.25) is 0 Å². The van der Waals surface area contributed by atoms with Crippen molar-refractivity contribution in [3.05, 3.63) is 267 Å². The number of ether oxygens (including phenoxy) is 5. The van der Waals surface area contributed by atoms with Crippen LogP contribution in [0.15, 0.2) is 170 Å². The maximum absolute atomic E-state index is 13.7. The molecule has 0 bridgehead atoms. The van der Waals surface area contributed by atoms with Gasteiger partial charge in [-0.15, -0.1) is 65.9 Å². The van der Waals surface area contributed by atoms with Gasteiger partial charge in [-0.2, -0.15) is 0 Å². The number of halogens is 27. The summed E-state index contributed by atoms with van der Waals surface area (Å²) in [6.07, 6.45) is -25.5. The molecule has 0 heterocycles. The highest BCUT2D eigenvalue weighted by atomic mass is 19.4. The van der Waals surface area contributed by atoms with Crippen LogP contribution in [0.4, 0.5) is 119 Å². The fraction of sp³-hybridized carbons (Fsp3) is 0.143. The van der Waals surface area contributed by atoms with Crippen molar-refractivity contribution < 1.29 is 142 Å². The molecule has 0 aromatic heterocycles. The Kier molecular flexibility index (Phi) is 25.8. The third-order valence-electron chi connectivity index (χ3n) is 13.1. The number of aryl methyl sites for hydroxylation is 5. The number of hydrogen-bond donors (Lipinski definition) is 0. The topological polar surface area (TPSA) is 46.2 Å². The first-order chi connectivity index (χ1) is 47.1. The van der Waals surface area contributed by atoms with E-state index in [-0.39, 0.29) is 33.4 Å². The minimum Gasteiger partial charge on any atom is -0.403 e. The first-order valence-corrected chi connectivity index (χ1v) is 28.1. The largest absolute Gasteiger partial charge is 0.573 e. The van der Waals surface area contributed by atoms with Gasteiger partial charge in [-0.3, -0.25) is 0 Å². The molecule has 10 aromatic carbocycles. The molecule has 10 aromatic rings. The molecule has 0 aliphatic heterocycles. The predicted octanol–water partition coefficient (Wildman–Crippen LogP) is 24.5. The lowest BCUT2D eigenvalue weighted by Gasteiger charge is -2.13. The molecule has 102 heavy (non-hydrogen) atoms. The zero-order valence-electron chi connectivity index (χ0n) is 51.9. The Morgan fingerprint density at radius 1 is 0.196 bits per heavy atom. The standard InChI is InChI=1S/C14H7F7O.C14H8F6O.2C14H9F5O.C14H10F4O/c1-6-2-8(15)12(9(16)3-6)7-4-10(17)13(11(18)5-7)22-14(19,20)21;1-7-2-3-9(10(15)4-7)8-5-11(16)13(12(17)6-8)21-14(18,19)20;1-8-2-4-10(11(15)6-8)9-3-5-13(12(16)7-9)20-14(17,18)19;1-8-2-4-9(5-3-8)10-6-11(15)13(12(16)7-10)20-14(17,18)19;1-9-2-4-10(5-3-9)11-6-7-13(12(15)8-11)19-14(16,17)18/h2-5H,1H3;2-6H,1H3;2*2-7H,1H3;2-8H,1H3. The van der Waals surface area contributed by atoms with Crippen LogP contribution in [-0.2, 0) is 0 Å². The SMILES string of the molecule is Cc1cc(F)c(-c2cc(F)c(OC(F)(F)F)c(F)c2)c(F)c1.Cc1ccc(-c2cc(F)c(OC(F)(F)F)c(F)c2)c(F)c1.Cc1ccc(-c2cc(F)c(OC(F)(F)F)c(F)c2)cc1.Cc1ccc(-c2ccc(OC(F)(F)F)c(F)c2)c(F)c1.Cc1ccc(-c2ccc(OC(F)(F)F)c(F)c2)cc1. The Bertz CT molecular complexity index is 4470. The second-order valence-corrected chi connectivity index (χ2v) is 21.1. The maximum Gasteiger partial charge on any atom is 0.573 e. The molecule has 0 unspecified atom stereocenters. The molecule has 0 saturated carbocycles. The number of rotatable bonds is 10. The van der Waals surface area contributed by atoms with Gasteiger partial charge < -0.3 is 23.7 Å². The van der Waals surface area contributed by atoms with Crippen molar-refractivity contribution in [3.63, 3.8) is 0 Å². The van der Waals surface area contributed by atoms with Crippen molar-refractivity contribution >= 4 is 0 Å². The van der Waals surface area contributed by atoms with Crippen molar-refractivity contribution in [3.8, 4) is 84.4 Å². The van der Waals surface area contributed by atoms with E-state index in [0.29, 0.717) is 46.5 Å². The first kappa shape index (κ1) is 80.3.